The molecule has 75 heavy (non-hydrogen) atoms. The second kappa shape index (κ2) is 24.5. The molecule has 2 aromatic heterocycles. The molecule has 0 spiro atoms. The van der Waals surface area contributed by atoms with Crippen LogP contribution in [0.5, 0.6) is 0 Å². The van der Waals surface area contributed by atoms with Crippen molar-refractivity contribution in [2.24, 2.45) is 11.8 Å². The van der Waals surface area contributed by atoms with Crippen molar-refractivity contribution in [3.8, 4) is 0 Å². The van der Waals surface area contributed by atoms with Crippen LogP contribution in [0.1, 0.15) is 62.5 Å². The van der Waals surface area contributed by atoms with Gasteiger partial charge in [0, 0.05) is 39.7 Å². The summed E-state index contributed by atoms with van der Waals surface area (Å²) in [5.74, 6) is -10.5. The van der Waals surface area contributed by atoms with Gasteiger partial charge in [0.15, 0.2) is 0 Å². The third-order valence-electron chi connectivity index (χ3n) is 12.9. The van der Waals surface area contributed by atoms with Gasteiger partial charge in [-0.1, -0.05) is 52.0 Å². The molecule has 25 heteroatoms. The second-order valence-corrected chi connectivity index (χ2v) is 20.1. The van der Waals surface area contributed by atoms with Crippen molar-refractivity contribution in [1.29, 1.82) is 0 Å². The number of benzene rings is 2. The molecule has 0 saturated carbocycles. The van der Waals surface area contributed by atoms with Gasteiger partial charge in [-0.2, -0.15) is 11.8 Å². The predicted octanol–water partition coefficient (Wildman–Crippen LogP) is -0.0538. The number of hydrogen-bond donors (Lipinski definition) is 4. The zero-order chi connectivity index (χ0) is 55.0. The number of nitrogens with zero attached hydrogens (tertiary/aromatic N) is 8. The Labute approximate surface area is 436 Å². The summed E-state index contributed by atoms with van der Waals surface area (Å²) in [6.07, 6.45) is 2.40. The highest BCUT2D eigenvalue weighted by molar-refractivity contribution is 7.99. The number of likely N-dealkylation sites (N-methyl/N-ethyl adjacent to an activating group) is 4. The lowest BCUT2D eigenvalue weighted by Crippen LogP contribution is -2.60. The molecule has 24 nitrogen and oxygen atoms in total. The van der Waals surface area contributed by atoms with Gasteiger partial charge in [0.25, 0.3) is 11.8 Å². The van der Waals surface area contributed by atoms with Crippen LogP contribution < -0.4 is 21.3 Å². The lowest BCUT2D eigenvalue weighted by Gasteiger charge is -2.37. The number of esters is 2. The van der Waals surface area contributed by atoms with Gasteiger partial charge in [0.05, 0.1) is 34.5 Å². The molecule has 2 saturated heterocycles. The van der Waals surface area contributed by atoms with E-state index in [9.17, 15) is 47.9 Å². The summed E-state index contributed by atoms with van der Waals surface area (Å²) < 4.78 is 11.4. The lowest BCUT2D eigenvalue weighted by molar-refractivity contribution is -0.160. The van der Waals surface area contributed by atoms with Crippen LogP contribution in [-0.2, 0) is 47.8 Å². The molecule has 1 unspecified atom stereocenters. The van der Waals surface area contributed by atoms with Crippen molar-refractivity contribution in [3.63, 3.8) is 0 Å². The van der Waals surface area contributed by atoms with Crippen LogP contribution in [0.25, 0.3) is 22.1 Å². The molecule has 2 aliphatic rings. The van der Waals surface area contributed by atoms with E-state index in [1.165, 1.54) is 54.4 Å². The number of amides is 8. The fraction of sp³-hybridized carbons (Fsp3) is 0.480. The summed E-state index contributed by atoms with van der Waals surface area (Å²) in [5, 5.41) is 10.2. The van der Waals surface area contributed by atoms with E-state index in [-0.39, 0.29) is 22.9 Å². The molecular weight excluding hydrogens is 993 g/mol. The molecule has 400 valence electrons. The summed E-state index contributed by atoms with van der Waals surface area (Å²) in [5.41, 5.74) is 1.39. The summed E-state index contributed by atoms with van der Waals surface area (Å²) in [6, 6.07) is 1.95. The zero-order valence-corrected chi connectivity index (χ0v) is 44.1. The standard InChI is InChI=1S/C50H62N12O12S/c1-25(2)39-49(71)73-21-35(57-41(63)33-19-51-29-15-11-13-17-31(29)55-33)43(65)53-28(6)46(68)60(8)38-24-75-23-37(47(69)61(39)9)59(7)45(67)27(5)54-44(66)36(22-74-50(72)40(26(3)4)62(10)48(38)70)58-42(64)34-20-52-30-16-12-14-18-32(30)56-34/h11-20,25-28,35-40H,21-24H2,1-10H3,(H,53,65)(H,54,66)(H,57,63)(H,58,64)/t27-,28-,35+,36+,37-,38-,39-,40?/m0/s1. The van der Waals surface area contributed by atoms with Crippen molar-refractivity contribution in [2.45, 2.75) is 89.9 Å². The highest BCUT2D eigenvalue weighted by atomic mass is 32.2. The summed E-state index contributed by atoms with van der Waals surface area (Å²) in [6.45, 7) is 7.67. The van der Waals surface area contributed by atoms with Crippen molar-refractivity contribution < 1.29 is 57.4 Å². The molecular formula is C50H62N12O12S. The van der Waals surface area contributed by atoms with E-state index in [0.29, 0.717) is 22.1 Å². The first-order valence-electron chi connectivity index (χ1n) is 24.1. The lowest BCUT2D eigenvalue weighted by atomic mass is 10.0. The van der Waals surface area contributed by atoms with E-state index in [1.54, 1.807) is 76.2 Å². The number of rotatable bonds is 6. The van der Waals surface area contributed by atoms with E-state index in [4.69, 9.17) is 9.47 Å². The van der Waals surface area contributed by atoms with E-state index in [0.717, 1.165) is 31.4 Å². The van der Waals surface area contributed by atoms with Crippen LogP contribution in [0.3, 0.4) is 0 Å². The maximum absolute atomic E-state index is 14.9. The van der Waals surface area contributed by atoms with Gasteiger partial charge in [0.1, 0.15) is 72.9 Å². The van der Waals surface area contributed by atoms with Gasteiger partial charge < -0.3 is 50.3 Å². The predicted molar refractivity (Wildman–Crippen MR) is 272 cm³/mol. The molecule has 4 N–H and O–H groups in total. The van der Waals surface area contributed by atoms with E-state index in [2.05, 4.69) is 41.2 Å². The number of nitrogens with one attached hydrogen (secondary N) is 4. The molecule has 2 bridgehead atoms. The Hall–Kier alpha value is -7.83. The number of cyclic esters (lactones) is 2. The molecule has 8 amide bonds. The first-order valence-corrected chi connectivity index (χ1v) is 25.3. The fourth-order valence-electron chi connectivity index (χ4n) is 8.62. The summed E-state index contributed by atoms with van der Waals surface area (Å²) >= 11 is 1.00. The Morgan fingerprint density at radius 1 is 0.560 bits per heavy atom. The average molecular weight is 1060 g/mol. The van der Waals surface area contributed by atoms with E-state index < -0.39 is 133 Å². The number of ether oxygens (including phenoxy) is 2. The normalized spacial score (nSPS) is 24.7. The third-order valence-corrected chi connectivity index (χ3v) is 14.0. The number of hydrogen-bond acceptors (Lipinski definition) is 17. The smallest absolute Gasteiger partial charge is 0.329 e. The number of aromatic nitrogens is 4. The maximum atomic E-state index is 14.9. The highest BCUT2D eigenvalue weighted by Gasteiger charge is 2.43. The Balaban J connectivity index is 1.39. The van der Waals surface area contributed by atoms with Gasteiger partial charge >= 0.3 is 11.9 Å². The van der Waals surface area contributed by atoms with Crippen LogP contribution in [0.15, 0.2) is 60.9 Å². The minimum atomic E-state index is -1.65. The molecule has 2 aromatic carbocycles. The molecule has 4 aromatic rings. The van der Waals surface area contributed by atoms with Gasteiger partial charge in [-0.25, -0.2) is 19.6 Å². The van der Waals surface area contributed by atoms with Crippen LogP contribution >= 0.6 is 11.8 Å². The van der Waals surface area contributed by atoms with Gasteiger partial charge in [-0.15, -0.1) is 0 Å². The first-order chi connectivity index (χ1) is 35.5. The average Bonchev–Trinajstić information content (AvgIpc) is 3.38. The van der Waals surface area contributed by atoms with Crippen LogP contribution in [0.2, 0.25) is 0 Å². The number of para-hydroxylation sites is 4. The Morgan fingerprint density at radius 3 is 1.25 bits per heavy atom. The maximum Gasteiger partial charge on any atom is 0.329 e. The molecule has 8 atom stereocenters. The SMILES string of the molecule is CC(C)C1C(=O)OC[C@@H](NC(=O)c2cnc3ccccc3n2)C(=O)N[C@@H](C)C(=O)N(C)[C@H]2CSC[C@@H](C(=O)N1C)N(C)C(=O)[C@H](C)NC(=O)[C@H](NC(=O)c1cnc3ccccc3n1)COC(=O)[C@H](C(C)C)N(C)C2=O. The minimum absolute atomic E-state index is 0.180. The van der Waals surface area contributed by atoms with Crippen molar-refractivity contribution in [1.82, 2.24) is 60.8 Å². The van der Waals surface area contributed by atoms with Gasteiger partial charge in [-0.3, -0.25) is 48.3 Å². The third kappa shape index (κ3) is 13.1. The first kappa shape index (κ1) is 56.5. The van der Waals surface area contributed by atoms with Crippen molar-refractivity contribution in [2.75, 3.05) is 52.9 Å². The largest absolute Gasteiger partial charge is 0.461 e. The second-order valence-electron chi connectivity index (χ2n) is 19.0. The van der Waals surface area contributed by atoms with Gasteiger partial charge in [-0.05, 0) is 49.9 Å². The molecule has 2 fully saturated rings. The molecule has 0 radical (unpaired) electrons. The number of carbonyl (C=O) groups is 10. The quantitative estimate of drug-likeness (QED) is 0.184. The molecule has 2 aliphatic heterocycles. The molecule has 0 aliphatic carbocycles. The molecule has 4 heterocycles. The number of carbonyl (C=O) groups excluding carboxylic acids is 10. The number of fused-ring (bicyclic) bond motifs is 6. The van der Waals surface area contributed by atoms with Crippen LogP contribution in [0, 0.1) is 11.8 Å². The van der Waals surface area contributed by atoms with Crippen molar-refractivity contribution in [3.05, 3.63) is 72.3 Å². The highest BCUT2D eigenvalue weighted by Crippen LogP contribution is 2.23. The zero-order valence-electron chi connectivity index (χ0n) is 43.3. The monoisotopic (exact) mass is 1050 g/mol. The van der Waals surface area contributed by atoms with Crippen molar-refractivity contribution >= 4 is 93.0 Å². The van der Waals surface area contributed by atoms with Gasteiger partial charge in [0.2, 0.25) is 35.4 Å². The topological polar surface area (TPSA) is 302 Å². The van der Waals surface area contributed by atoms with E-state index >= 15 is 0 Å². The summed E-state index contributed by atoms with van der Waals surface area (Å²) in [4.78, 5) is 164. The molecule has 6 rings (SSSR count). The number of thioether (sulfide) groups is 1. The minimum Gasteiger partial charge on any atom is -0.461 e. The van der Waals surface area contributed by atoms with Crippen LogP contribution in [0.4, 0.5) is 0 Å². The Bertz CT molecular complexity index is 2680. The van der Waals surface area contributed by atoms with Crippen LogP contribution in [-0.4, -0.2) is 200 Å². The van der Waals surface area contributed by atoms with E-state index in [1.807, 2.05) is 0 Å². The summed E-state index contributed by atoms with van der Waals surface area (Å²) in [7, 11) is 5.28. The fourth-order valence-corrected chi connectivity index (χ4v) is 9.94. The Morgan fingerprint density at radius 2 is 0.907 bits per heavy atom. The Kier molecular flexibility index (Phi) is 18.4.